The zero-order valence-electron chi connectivity index (χ0n) is 11.0. The molecule has 0 aliphatic heterocycles. The molecule has 0 fully saturated rings. The summed E-state index contributed by atoms with van der Waals surface area (Å²) in [7, 11) is 0. The lowest BCUT2D eigenvalue weighted by molar-refractivity contribution is 0.432. The van der Waals surface area contributed by atoms with Crippen molar-refractivity contribution in [2.24, 2.45) is 0 Å². The van der Waals surface area contributed by atoms with Gasteiger partial charge in [0.1, 0.15) is 6.07 Å². The fraction of sp³-hybridized carbons (Fsp3) is 0.188. The predicted molar refractivity (Wildman–Crippen MR) is 79.9 cm³/mol. The lowest BCUT2D eigenvalue weighted by Gasteiger charge is -2.10. The van der Waals surface area contributed by atoms with Crippen molar-refractivity contribution in [3.63, 3.8) is 0 Å². The lowest BCUT2D eigenvalue weighted by Crippen LogP contribution is -1.91. The number of hydrogen-bond acceptors (Lipinski definition) is 2. The van der Waals surface area contributed by atoms with Crippen LogP contribution in [-0.2, 0) is 6.42 Å². The Morgan fingerprint density at radius 2 is 2.05 bits per heavy atom. The number of nitriles is 1. The van der Waals surface area contributed by atoms with Gasteiger partial charge in [0.25, 0.3) is 0 Å². The fourth-order valence-electron chi connectivity index (χ4n) is 2.08. The van der Waals surface area contributed by atoms with E-state index in [0.717, 1.165) is 24.0 Å². The van der Waals surface area contributed by atoms with E-state index < -0.39 is 5.82 Å². The quantitative estimate of drug-likeness (QED) is 0.877. The lowest BCUT2D eigenvalue weighted by atomic mass is 9.98. The van der Waals surface area contributed by atoms with E-state index in [0.29, 0.717) is 15.6 Å². The van der Waals surface area contributed by atoms with Crippen LogP contribution in [0.15, 0.2) is 34.8 Å². The topological polar surface area (TPSA) is 44.0 Å². The van der Waals surface area contributed by atoms with Crippen molar-refractivity contribution in [2.75, 3.05) is 0 Å². The van der Waals surface area contributed by atoms with Crippen LogP contribution in [0.2, 0.25) is 0 Å². The molecule has 0 radical (unpaired) electrons. The Morgan fingerprint density at radius 1 is 1.30 bits per heavy atom. The van der Waals surface area contributed by atoms with E-state index in [2.05, 4.69) is 28.9 Å². The van der Waals surface area contributed by atoms with Crippen molar-refractivity contribution in [3.8, 4) is 22.9 Å². The normalized spacial score (nSPS) is 10.3. The van der Waals surface area contributed by atoms with Gasteiger partial charge in [-0.05, 0) is 63.3 Å². The molecule has 2 aromatic carbocycles. The van der Waals surface area contributed by atoms with Crippen LogP contribution in [0, 0.1) is 17.1 Å². The summed E-state index contributed by atoms with van der Waals surface area (Å²) in [6, 6.07) is 10.1. The zero-order valence-corrected chi connectivity index (χ0v) is 12.5. The van der Waals surface area contributed by atoms with Crippen molar-refractivity contribution in [2.45, 2.75) is 19.8 Å². The van der Waals surface area contributed by atoms with Gasteiger partial charge in [0.2, 0.25) is 0 Å². The maximum absolute atomic E-state index is 13.5. The highest BCUT2D eigenvalue weighted by molar-refractivity contribution is 9.10. The highest BCUT2D eigenvalue weighted by Crippen LogP contribution is 2.34. The third-order valence-electron chi connectivity index (χ3n) is 3.05. The highest BCUT2D eigenvalue weighted by atomic mass is 79.9. The summed E-state index contributed by atoms with van der Waals surface area (Å²) in [5.74, 6) is -1.05. The molecule has 0 aliphatic rings. The molecule has 0 amide bonds. The molecule has 4 heteroatoms. The average Bonchev–Trinajstić information content (AvgIpc) is 2.44. The van der Waals surface area contributed by atoms with Crippen molar-refractivity contribution >= 4 is 15.9 Å². The minimum atomic E-state index is -0.672. The molecule has 0 aliphatic carbocycles. The third kappa shape index (κ3) is 2.83. The molecule has 0 unspecified atom stereocenters. The number of rotatable bonds is 3. The Labute approximate surface area is 125 Å². The third-order valence-corrected chi connectivity index (χ3v) is 3.90. The molecule has 1 N–H and O–H groups in total. The second-order valence-electron chi connectivity index (χ2n) is 4.53. The van der Waals surface area contributed by atoms with Gasteiger partial charge in [0.05, 0.1) is 5.56 Å². The first-order valence-corrected chi connectivity index (χ1v) is 7.07. The molecular weight excluding hydrogens is 321 g/mol. The van der Waals surface area contributed by atoms with Crippen LogP contribution in [0.1, 0.15) is 24.5 Å². The van der Waals surface area contributed by atoms with Crippen LogP contribution in [0.4, 0.5) is 4.39 Å². The molecule has 0 atom stereocenters. The summed E-state index contributed by atoms with van der Waals surface area (Å²) in [5.41, 5.74) is 2.95. The maximum Gasteiger partial charge on any atom is 0.165 e. The highest BCUT2D eigenvalue weighted by Gasteiger charge is 2.12. The van der Waals surface area contributed by atoms with Crippen LogP contribution < -0.4 is 0 Å². The number of hydrogen-bond donors (Lipinski definition) is 1. The molecule has 2 nitrogen and oxygen atoms in total. The Morgan fingerprint density at radius 3 is 2.65 bits per heavy atom. The molecule has 0 saturated heterocycles. The maximum atomic E-state index is 13.5. The number of phenols is 1. The standard InChI is InChI=1S/C16H13BrFNO/c1-2-3-10-6-12(9-19)16(17)13(7-10)11-4-5-15(20)14(18)8-11/h4-8,20H,2-3H2,1H3. The summed E-state index contributed by atoms with van der Waals surface area (Å²) in [6.07, 6.45) is 1.82. The summed E-state index contributed by atoms with van der Waals surface area (Å²) in [6.45, 7) is 2.06. The van der Waals surface area contributed by atoms with Gasteiger partial charge in [-0.15, -0.1) is 0 Å². The zero-order chi connectivity index (χ0) is 14.7. The van der Waals surface area contributed by atoms with E-state index in [1.54, 1.807) is 6.07 Å². The molecule has 2 aromatic rings. The van der Waals surface area contributed by atoms with Crippen molar-refractivity contribution in [3.05, 3.63) is 51.7 Å². The Balaban J connectivity index is 2.62. The number of nitrogens with zero attached hydrogens (tertiary/aromatic N) is 1. The van der Waals surface area contributed by atoms with Gasteiger partial charge < -0.3 is 5.11 Å². The number of aromatic hydroxyl groups is 1. The molecule has 0 bridgehead atoms. The van der Waals surface area contributed by atoms with E-state index in [4.69, 9.17) is 0 Å². The van der Waals surface area contributed by atoms with Crippen LogP contribution >= 0.6 is 15.9 Å². The van der Waals surface area contributed by atoms with Gasteiger partial charge in [0.15, 0.2) is 11.6 Å². The van der Waals surface area contributed by atoms with E-state index in [1.807, 2.05) is 12.1 Å². The molecule has 20 heavy (non-hydrogen) atoms. The molecule has 0 heterocycles. The molecule has 102 valence electrons. The monoisotopic (exact) mass is 333 g/mol. The van der Waals surface area contributed by atoms with Gasteiger partial charge in [-0.2, -0.15) is 5.26 Å². The van der Waals surface area contributed by atoms with E-state index in [1.165, 1.54) is 12.1 Å². The van der Waals surface area contributed by atoms with Gasteiger partial charge in [0, 0.05) is 4.47 Å². The van der Waals surface area contributed by atoms with Gasteiger partial charge in [-0.1, -0.05) is 19.4 Å². The average molecular weight is 334 g/mol. The molecular formula is C16H13BrFNO. The van der Waals surface area contributed by atoms with Crippen LogP contribution in [0.5, 0.6) is 5.75 Å². The second kappa shape index (κ2) is 6.06. The first kappa shape index (κ1) is 14.5. The molecule has 2 rings (SSSR count). The molecule has 0 aromatic heterocycles. The predicted octanol–water partition coefficient (Wildman–Crippen LogP) is 4.78. The fourth-order valence-corrected chi connectivity index (χ4v) is 2.63. The van der Waals surface area contributed by atoms with Gasteiger partial charge >= 0.3 is 0 Å². The summed E-state index contributed by atoms with van der Waals surface area (Å²) >= 11 is 3.40. The molecule has 0 saturated carbocycles. The summed E-state index contributed by atoms with van der Waals surface area (Å²) in [5, 5.41) is 18.4. The van der Waals surface area contributed by atoms with Crippen LogP contribution in [-0.4, -0.2) is 5.11 Å². The van der Waals surface area contributed by atoms with Crippen molar-refractivity contribution < 1.29 is 9.50 Å². The Hall–Kier alpha value is -1.86. The minimum absolute atomic E-state index is 0.380. The van der Waals surface area contributed by atoms with Crippen LogP contribution in [0.3, 0.4) is 0 Å². The summed E-state index contributed by atoms with van der Waals surface area (Å²) in [4.78, 5) is 0. The number of phenolic OH excluding ortho intramolecular Hbond substituents is 1. The van der Waals surface area contributed by atoms with Gasteiger partial charge in [-0.25, -0.2) is 4.39 Å². The first-order valence-electron chi connectivity index (χ1n) is 6.28. The Kier molecular flexibility index (Phi) is 4.41. The van der Waals surface area contributed by atoms with E-state index in [9.17, 15) is 14.8 Å². The largest absolute Gasteiger partial charge is 0.505 e. The number of aryl methyl sites for hydroxylation is 1. The smallest absolute Gasteiger partial charge is 0.165 e. The van der Waals surface area contributed by atoms with E-state index in [-0.39, 0.29) is 5.75 Å². The van der Waals surface area contributed by atoms with E-state index >= 15 is 0 Å². The number of halogens is 2. The van der Waals surface area contributed by atoms with Crippen LogP contribution in [0.25, 0.3) is 11.1 Å². The van der Waals surface area contributed by atoms with Gasteiger partial charge in [-0.3, -0.25) is 0 Å². The molecule has 0 spiro atoms. The number of benzene rings is 2. The van der Waals surface area contributed by atoms with Crippen molar-refractivity contribution in [1.82, 2.24) is 0 Å². The second-order valence-corrected chi connectivity index (χ2v) is 5.33. The Bertz CT molecular complexity index is 692. The first-order chi connectivity index (χ1) is 9.56. The summed E-state index contributed by atoms with van der Waals surface area (Å²) < 4.78 is 14.1. The minimum Gasteiger partial charge on any atom is -0.505 e. The SMILES string of the molecule is CCCc1cc(C#N)c(Br)c(-c2ccc(O)c(F)c2)c1. The van der Waals surface area contributed by atoms with Crippen molar-refractivity contribution in [1.29, 1.82) is 5.26 Å².